The van der Waals surface area contributed by atoms with Gasteiger partial charge in [0.1, 0.15) is 0 Å². The van der Waals surface area contributed by atoms with Gasteiger partial charge in [0.25, 0.3) is 0 Å². The lowest BCUT2D eigenvalue weighted by molar-refractivity contribution is 0.0674. The second-order valence-electron chi connectivity index (χ2n) is 3.13. The molecule has 2 N–H and O–H groups in total. The molecule has 76 valence electrons. The van der Waals surface area contributed by atoms with Gasteiger partial charge in [0, 0.05) is 4.88 Å². The van der Waals surface area contributed by atoms with Gasteiger partial charge in [-0.3, -0.25) is 0 Å². The van der Waals surface area contributed by atoms with Crippen LogP contribution >= 0.6 is 11.3 Å². The van der Waals surface area contributed by atoms with E-state index < -0.39 is 0 Å². The van der Waals surface area contributed by atoms with Crippen LogP contribution in [0.4, 0.5) is 0 Å². The average Bonchev–Trinajstić information content (AvgIpc) is 2.59. The summed E-state index contributed by atoms with van der Waals surface area (Å²) in [6.07, 6.45) is 0.274. The first kappa shape index (κ1) is 11.3. The fraction of sp³-hybridized carbons (Fsp3) is 0.455. The van der Waals surface area contributed by atoms with Crippen LogP contribution in [0.2, 0.25) is 0 Å². The van der Waals surface area contributed by atoms with Crippen LogP contribution in [-0.2, 0) is 11.3 Å². The van der Waals surface area contributed by atoms with E-state index in [1.165, 1.54) is 4.88 Å². The van der Waals surface area contributed by atoms with E-state index in [0.717, 1.165) is 4.88 Å². The van der Waals surface area contributed by atoms with E-state index in [-0.39, 0.29) is 6.10 Å². The second-order valence-corrected chi connectivity index (χ2v) is 4.30. The largest absolute Gasteiger partial charge is 0.373 e. The Hall–Kier alpha value is -0.820. The maximum atomic E-state index is 5.48. The molecule has 0 fully saturated rings. The molecule has 1 rings (SSSR count). The van der Waals surface area contributed by atoms with Gasteiger partial charge in [-0.2, -0.15) is 0 Å². The summed E-state index contributed by atoms with van der Waals surface area (Å²) in [4.78, 5) is 2.26. The van der Waals surface area contributed by atoms with E-state index in [0.29, 0.717) is 13.2 Å². The van der Waals surface area contributed by atoms with Crippen molar-refractivity contribution in [2.45, 2.75) is 26.6 Å². The van der Waals surface area contributed by atoms with E-state index in [1.807, 2.05) is 26.0 Å². The fourth-order valence-corrected chi connectivity index (χ4v) is 1.71. The first-order valence-corrected chi connectivity index (χ1v) is 5.43. The predicted octanol–water partition coefficient (Wildman–Crippen LogP) is 1.98. The van der Waals surface area contributed by atoms with E-state index in [4.69, 9.17) is 10.5 Å². The van der Waals surface area contributed by atoms with Crippen LogP contribution in [0.5, 0.6) is 0 Å². The zero-order chi connectivity index (χ0) is 10.4. The van der Waals surface area contributed by atoms with Crippen LogP contribution in [0, 0.1) is 11.8 Å². The van der Waals surface area contributed by atoms with Gasteiger partial charge >= 0.3 is 0 Å². The molecule has 0 saturated carbocycles. The first-order valence-electron chi connectivity index (χ1n) is 4.61. The van der Waals surface area contributed by atoms with Crippen molar-refractivity contribution >= 4 is 11.3 Å². The summed E-state index contributed by atoms with van der Waals surface area (Å²) in [6, 6.07) is 4.06. The zero-order valence-corrected chi connectivity index (χ0v) is 9.36. The van der Waals surface area contributed by atoms with Gasteiger partial charge in [0.2, 0.25) is 0 Å². The molecular weight excluding hydrogens is 194 g/mol. The highest BCUT2D eigenvalue weighted by atomic mass is 32.1. The zero-order valence-electron chi connectivity index (χ0n) is 8.54. The molecule has 0 aliphatic carbocycles. The van der Waals surface area contributed by atoms with Crippen LogP contribution < -0.4 is 5.73 Å². The van der Waals surface area contributed by atoms with Crippen LogP contribution in [0.25, 0.3) is 0 Å². The van der Waals surface area contributed by atoms with Crippen LogP contribution in [0.1, 0.15) is 23.6 Å². The van der Waals surface area contributed by atoms with Crippen molar-refractivity contribution in [2.24, 2.45) is 5.73 Å². The molecule has 1 aromatic rings. The number of hydrogen-bond donors (Lipinski definition) is 1. The number of hydrogen-bond acceptors (Lipinski definition) is 3. The molecular formula is C11H15NOS. The Labute approximate surface area is 89.1 Å². The molecule has 3 heteroatoms. The number of rotatable bonds is 3. The average molecular weight is 209 g/mol. The van der Waals surface area contributed by atoms with Crippen molar-refractivity contribution in [1.82, 2.24) is 0 Å². The molecule has 14 heavy (non-hydrogen) atoms. The van der Waals surface area contributed by atoms with Gasteiger partial charge < -0.3 is 10.5 Å². The molecule has 0 radical (unpaired) electrons. The van der Waals surface area contributed by atoms with Gasteiger partial charge in [-0.25, -0.2) is 0 Å². The van der Waals surface area contributed by atoms with Crippen LogP contribution in [0.3, 0.4) is 0 Å². The molecule has 0 unspecified atom stereocenters. The molecule has 0 bridgehead atoms. The second kappa shape index (κ2) is 5.82. The third-order valence-corrected chi connectivity index (χ3v) is 2.51. The minimum atomic E-state index is 0.274. The summed E-state index contributed by atoms with van der Waals surface area (Å²) in [6.45, 7) is 5.15. The van der Waals surface area contributed by atoms with Gasteiger partial charge in [-0.1, -0.05) is 11.8 Å². The van der Waals surface area contributed by atoms with Crippen LogP contribution in [-0.4, -0.2) is 12.6 Å². The lowest BCUT2D eigenvalue weighted by Crippen LogP contribution is -2.00. The number of ether oxygens (including phenoxy) is 1. The highest BCUT2D eigenvalue weighted by Gasteiger charge is 1.99. The van der Waals surface area contributed by atoms with Gasteiger partial charge in [-0.15, -0.1) is 11.3 Å². The Morgan fingerprint density at radius 3 is 2.93 bits per heavy atom. The monoisotopic (exact) mass is 209 g/mol. The van der Waals surface area contributed by atoms with Gasteiger partial charge in [0.05, 0.1) is 24.1 Å². The molecule has 0 aliphatic rings. The summed E-state index contributed by atoms with van der Waals surface area (Å²) >= 11 is 1.66. The quantitative estimate of drug-likeness (QED) is 0.773. The predicted molar refractivity (Wildman–Crippen MR) is 60.2 cm³/mol. The lowest BCUT2D eigenvalue weighted by atomic mass is 10.4. The molecule has 2 nitrogen and oxygen atoms in total. The molecule has 0 aliphatic heterocycles. The summed E-state index contributed by atoms with van der Waals surface area (Å²) in [7, 11) is 0. The van der Waals surface area contributed by atoms with Crippen molar-refractivity contribution in [2.75, 3.05) is 6.54 Å². The third-order valence-electron chi connectivity index (χ3n) is 1.53. The smallest absolute Gasteiger partial charge is 0.0813 e. The van der Waals surface area contributed by atoms with Crippen molar-refractivity contribution in [3.63, 3.8) is 0 Å². The third kappa shape index (κ3) is 3.93. The van der Waals surface area contributed by atoms with Crippen molar-refractivity contribution in [3.8, 4) is 11.8 Å². The minimum absolute atomic E-state index is 0.274. The van der Waals surface area contributed by atoms with E-state index >= 15 is 0 Å². The standard InChI is InChI=1S/C11H15NOS/c1-9(2)13-8-11-6-5-10(14-11)4-3-7-12/h5-6,9H,7-8,12H2,1-2H3. The SMILES string of the molecule is CC(C)OCc1ccc(C#CCN)s1. The molecule has 1 aromatic heterocycles. The Morgan fingerprint density at radius 1 is 1.50 bits per heavy atom. The molecule has 0 spiro atoms. The molecule has 0 aromatic carbocycles. The molecule has 1 heterocycles. The molecule has 0 atom stereocenters. The van der Waals surface area contributed by atoms with Crippen molar-refractivity contribution in [3.05, 3.63) is 21.9 Å². The minimum Gasteiger partial charge on any atom is -0.373 e. The maximum absolute atomic E-state index is 5.48. The lowest BCUT2D eigenvalue weighted by Gasteiger charge is -2.04. The Morgan fingerprint density at radius 2 is 2.29 bits per heavy atom. The first-order chi connectivity index (χ1) is 6.72. The summed E-state index contributed by atoms with van der Waals surface area (Å²) in [5.41, 5.74) is 5.29. The Bertz CT molecular complexity index is 333. The number of thiophene rings is 1. The molecule has 0 amide bonds. The van der Waals surface area contributed by atoms with E-state index in [9.17, 15) is 0 Å². The van der Waals surface area contributed by atoms with E-state index in [1.54, 1.807) is 11.3 Å². The summed E-state index contributed by atoms with van der Waals surface area (Å²) in [5.74, 6) is 5.83. The maximum Gasteiger partial charge on any atom is 0.0813 e. The van der Waals surface area contributed by atoms with E-state index in [2.05, 4.69) is 11.8 Å². The highest BCUT2D eigenvalue weighted by Crippen LogP contribution is 2.16. The Kier molecular flexibility index (Phi) is 4.68. The van der Waals surface area contributed by atoms with Crippen LogP contribution in [0.15, 0.2) is 12.1 Å². The van der Waals surface area contributed by atoms with Crippen molar-refractivity contribution < 1.29 is 4.74 Å². The highest BCUT2D eigenvalue weighted by molar-refractivity contribution is 7.12. The molecule has 0 saturated heterocycles. The van der Waals surface area contributed by atoms with Gasteiger partial charge in [-0.05, 0) is 26.0 Å². The summed E-state index contributed by atoms with van der Waals surface area (Å²) < 4.78 is 5.48. The summed E-state index contributed by atoms with van der Waals surface area (Å²) in [5, 5.41) is 0. The normalized spacial score (nSPS) is 10.0. The van der Waals surface area contributed by atoms with Crippen molar-refractivity contribution in [1.29, 1.82) is 0 Å². The Balaban J connectivity index is 2.51. The topological polar surface area (TPSA) is 35.2 Å². The van der Waals surface area contributed by atoms with Gasteiger partial charge in [0.15, 0.2) is 0 Å². The number of nitrogens with two attached hydrogens (primary N) is 1. The fourth-order valence-electron chi connectivity index (χ4n) is 0.910.